The standard InChI is InChI=1S/C18H15F9N2O3/c1-14(2,8-9-15(19,20)16(21,22)17(23,24)18(25,26)27)31-13(30)32-29-12(10-28)11-6-4-3-5-7-11/h3-7H,8-9H2,1-2H3/b29-12+. The molecule has 0 aliphatic carbocycles. The van der Waals surface area contributed by atoms with Crippen molar-refractivity contribution in [3.05, 3.63) is 35.9 Å². The van der Waals surface area contributed by atoms with Crippen molar-refractivity contribution >= 4 is 11.9 Å². The van der Waals surface area contributed by atoms with Crippen LogP contribution in [0.5, 0.6) is 0 Å². The number of ether oxygens (including phenoxy) is 1. The van der Waals surface area contributed by atoms with Gasteiger partial charge in [-0.1, -0.05) is 35.5 Å². The summed E-state index contributed by atoms with van der Waals surface area (Å²) in [5.74, 6) is -19.6. The van der Waals surface area contributed by atoms with Crippen LogP contribution in [-0.2, 0) is 9.57 Å². The molecule has 178 valence electrons. The van der Waals surface area contributed by atoms with Crippen molar-refractivity contribution in [1.29, 1.82) is 5.26 Å². The number of alkyl halides is 9. The molecule has 0 saturated heterocycles. The first-order chi connectivity index (χ1) is 14.4. The molecule has 1 rings (SSSR count). The van der Waals surface area contributed by atoms with Gasteiger partial charge in [0.05, 0.1) is 0 Å². The van der Waals surface area contributed by atoms with Gasteiger partial charge in [-0.2, -0.15) is 44.8 Å². The summed E-state index contributed by atoms with van der Waals surface area (Å²) in [5, 5.41) is 12.2. The lowest BCUT2D eigenvalue weighted by Gasteiger charge is -2.35. The maximum Gasteiger partial charge on any atom is 0.535 e. The van der Waals surface area contributed by atoms with Crippen LogP contribution in [0.15, 0.2) is 35.5 Å². The van der Waals surface area contributed by atoms with Gasteiger partial charge in [0.15, 0.2) is 5.71 Å². The Bertz CT molecular complexity index is 876. The third-order valence-corrected chi connectivity index (χ3v) is 3.97. The summed E-state index contributed by atoms with van der Waals surface area (Å²) in [6.45, 7) is 1.77. The summed E-state index contributed by atoms with van der Waals surface area (Å²) in [6, 6.07) is 9.13. The van der Waals surface area contributed by atoms with Crippen LogP contribution in [-0.4, -0.2) is 41.4 Å². The molecule has 0 N–H and O–H groups in total. The van der Waals surface area contributed by atoms with Crippen molar-refractivity contribution in [2.45, 2.75) is 56.2 Å². The first-order valence-electron chi connectivity index (χ1n) is 8.51. The van der Waals surface area contributed by atoms with Crippen LogP contribution in [0.2, 0.25) is 0 Å². The quantitative estimate of drug-likeness (QED) is 0.149. The molecular weight excluding hydrogens is 463 g/mol. The second-order valence-corrected chi connectivity index (χ2v) is 6.97. The maximum atomic E-state index is 13.6. The van der Waals surface area contributed by atoms with Gasteiger partial charge in [0, 0.05) is 12.0 Å². The molecule has 1 aromatic rings. The number of halogens is 9. The Labute approximate surface area is 175 Å². The number of carbonyl (C=O) groups is 1. The highest BCUT2D eigenvalue weighted by Gasteiger charge is 2.81. The fourth-order valence-corrected chi connectivity index (χ4v) is 2.13. The second kappa shape index (κ2) is 9.25. The monoisotopic (exact) mass is 478 g/mol. The summed E-state index contributed by atoms with van der Waals surface area (Å²) in [6.07, 6.45) is -12.0. The van der Waals surface area contributed by atoms with Crippen molar-refractivity contribution in [2.75, 3.05) is 0 Å². The van der Waals surface area contributed by atoms with E-state index >= 15 is 0 Å². The highest BCUT2D eigenvalue weighted by molar-refractivity contribution is 6.11. The maximum absolute atomic E-state index is 13.6. The van der Waals surface area contributed by atoms with Crippen LogP contribution in [0, 0.1) is 11.3 Å². The second-order valence-electron chi connectivity index (χ2n) is 6.97. The highest BCUT2D eigenvalue weighted by Crippen LogP contribution is 2.54. The average Bonchev–Trinajstić information content (AvgIpc) is 2.66. The first kappa shape index (κ1) is 27.1. The Hall–Kier alpha value is -2.98. The minimum absolute atomic E-state index is 0.231. The van der Waals surface area contributed by atoms with Crippen molar-refractivity contribution in [2.24, 2.45) is 5.16 Å². The molecule has 0 heterocycles. The molecule has 0 fully saturated rings. The van der Waals surface area contributed by atoms with Crippen LogP contribution in [0.3, 0.4) is 0 Å². The van der Waals surface area contributed by atoms with Crippen LogP contribution in [0.4, 0.5) is 44.3 Å². The van der Waals surface area contributed by atoms with E-state index in [9.17, 15) is 44.3 Å². The van der Waals surface area contributed by atoms with Gasteiger partial charge < -0.3 is 4.74 Å². The minimum atomic E-state index is -7.01. The predicted molar refractivity (Wildman–Crippen MR) is 90.4 cm³/mol. The Morgan fingerprint density at radius 3 is 1.94 bits per heavy atom. The molecule has 0 bridgehead atoms. The molecule has 1 aromatic carbocycles. The lowest BCUT2D eigenvalue weighted by atomic mass is 9.94. The number of oxime groups is 1. The van der Waals surface area contributed by atoms with E-state index in [1.54, 1.807) is 12.1 Å². The molecule has 0 saturated carbocycles. The van der Waals surface area contributed by atoms with E-state index in [0.717, 1.165) is 13.8 Å². The van der Waals surface area contributed by atoms with Crippen molar-refractivity contribution in [3.8, 4) is 6.07 Å². The number of nitriles is 1. The molecule has 32 heavy (non-hydrogen) atoms. The number of nitrogens with zero attached hydrogens (tertiary/aromatic N) is 2. The van der Waals surface area contributed by atoms with Gasteiger partial charge in [-0.05, 0) is 20.3 Å². The van der Waals surface area contributed by atoms with Crippen LogP contribution >= 0.6 is 0 Å². The lowest BCUT2D eigenvalue weighted by molar-refractivity contribution is -0.397. The number of hydrogen-bond acceptors (Lipinski definition) is 5. The largest absolute Gasteiger partial charge is 0.535 e. The van der Waals surface area contributed by atoms with Gasteiger partial charge in [0.25, 0.3) is 0 Å². The molecule has 14 heteroatoms. The predicted octanol–water partition coefficient (Wildman–Crippen LogP) is 6.09. The van der Waals surface area contributed by atoms with E-state index in [-0.39, 0.29) is 11.3 Å². The molecule has 0 radical (unpaired) electrons. The van der Waals surface area contributed by atoms with Gasteiger partial charge >= 0.3 is 30.1 Å². The van der Waals surface area contributed by atoms with Crippen LogP contribution < -0.4 is 0 Å². The first-order valence-corrected chi connectivity index (χ1v) is 8.51. The molecular formula is C18H15F9N2O3. The Kier molecular flexibility index (Phi) is 7.82. The Balaban J connectivity index is 2.83. The smallest absolute Gasteiger partial charge is 0.427 e. The zero-order valence-corrected chi connectivity index (χ0v) is 16.3. The van der Waals surface area contributed by atoms with Crippen molar-refractivity contribution < 1.29 is 53.9 Å². The third-order valence-electron chi connectivity index (χ3n) is 3.97. The van der Waals surface area contributed by atoms with Gasteiger partial charge in [-0.3, -0.25) is 4.84 Å². The molecule has 0 unspecified atom stereocenters. The van der Waals surface area contributed by atoms with Gasteiger partial charge in [0.1, 0.15) is 11.7 Å². The van der Waals surface area contributed by atoms with E-state index in [2.05, 4.69) is 14.7 Å². The fraction of sp³-hybridized carbons (Fsp3) is 0.500. The molecule has 5 nitrogen and oxygen atoms in total. The molecule has 0 aliphatic heterocycles. The third kappa shape index (κ3) is 6.04. The van der Waals surface area contributed by atoms with E-state index in [4.69, 9.17) is 5.26 Å². The van der Waals surface area contributed by atoms with E-state index in [1.165, 1.54) is 24.3 Å². The van der Waals surface area contributed by atoms with Crippen molar-refractivity contribution in [1.82, 2.24) is 0 Å². The summed E-state index contributed by atoms with van der Waals surface area (Å²) < 4.78 is 121. The average molecular weight is 478 g/mol. The van der Waals surface area contributed by atoms with E-state index < -0.39 is 48.5 Å². The Morgan fingerprint density at radius 1 is 0.938 bits per heavy atom. The van der Waals surface area contributed by atoms with Crippen LogP contribution in [0.1, 0.15) is 32.3 Å². The Morgan fingerprint density at radius 2 is 1.47 bits per heavy atom. The zero-order valence-electron chi connectivity index (χ0n) is 16.3. The van der Waals surface area contributed by atoms with E-state index in [0.29, 0.717) is 0 Å². The highest BCUT2D eigenvalue weighted by atomic mass is 19.4. The van der Waals surface area contributed by atoms with E-state index in [1.807, 2.05) is 0 Å². The minimum Gasteiger partial charge on any atom is -0.427 e. The summed E-state index contributed by atoms with van der Waals surface area (Å²) in [5.41, 5.74) is -2.23. The van der Waals surface area contributed by atoms with Crippen LogP contribution in [0.25, 0.3) is 0 Å². The summed E-state index contributed by atoms with van der Waals surface area (Å²) in [7, 11) is 0. The number of benzene rings is 1. The molecule has 0 amide bonds. The van der Waals surface area contributed by atoms with Crippen molar-refractivity contribution in [3.63, 3.8) is 0 Å². The number of rotatable bonds is 8. The normalized spacial score (nSPS) is 14.0. The van der Waals surface area contributed by atoms with Gasteiger partial charge in [-0.25, -0.2) is 4.79 Å². The van der Waals surface area contributed by atoms with Gasteiger partial charge in [-0.15, -0.1) is 0 Å². The molecule has 0 aromatic heterocycles. The fourth-order valence-electron chi connectivity index (χ4n) is 2.13. The lowest BCUT2D eigenvalue weighted by Crippen LogP contribution is -2.61. The number of carbonyl (C=O) groups excluding carboxylic acids is 1. The molecule has 0 spiro atoms. The molecule has 0 aliphatic rings. The number of hydrogen-bond donors (Lipinski definition) is 0. The van der Waals surface area contributed by atoms with Gasteiger partial charge in [0.2, 0.25) is 0 Å². The SMILES string of the molecule is CC(C)(CCC(F)(F)C(F)(F)C(F)(F)C(F)(F)F)OC(=O)O/N=C(\C#N)c1ccccc1. The topological polar surface area (TPSA) is 71.7 Å². The molecule has 0 atom stereocenters. The summed E-state index contributed by atoms with van der Waals surface area (Å²) >= 11 is 0. The summed E-state index contributed by atoms with van der Waals surface area (Å²) in [4.78, 5) is 15.9. The zero-order chi connectivity index (χ0) is 25.0.